The van der Waals surface area contributed by atoms with Crippen molar-refractivity contribution in [2.75, 3.05) is 0 Å². The van der Waals surface area contributed by atoms with E-state index in [-0.39, 0.29) is 16.9 Å². The van der Waals surface area contributed by atoms with Crippen LogP contribution >= 0.6 is 0 Å². The van der Waals surface area contributed by atoms with E-state index in [9.17, 15) is 10.2 Å². The molecule has 0 aromatic heterocycles. The molecule has 2 N–H and O–H groups in total. The molecule has 0 amide bonds. The van der Waals surface area contributed by atoms with Gasteiger partial charge in [0.05, 0.1) is 11.7 Å². The summed E-state index contributed by atoms with van der Waals surface area (Å²) in [6.07, 6.45) is 12.8. The number of rotatable bonds is 0. The molecular formula is C20H30O2. The van der Waals surface area contributed by atoms with E-state index in [4.69, 9.17) is 0 Å². The van der Waals surface area contributed by atoms with E-state index in [1.807, 2.05) is 6.08 Å². The molecule has 3 fully saturated rings. The predicted molar refractivity (Wildman–Crippen MR) is 88.2 cm³/mol. The first-order chi connectivity index (χ1) is 10.3. The van der Waals surface area contributed by atoms with Gasteiger partial charge in [0.25, 0.3) is 0 Å². The molecule has 0 heterocycles. The first-order valence-corrected chi connectivity index (χ1v) is 9.09. The highest BCUT2D eigenvalue weighted by molar-refractivity contribution is 5.33. The lowest BCUT2D eigenvalue weighted by Gasteiger charge is -2.58. The van der Waals surface area contributed by atoms with E-state index in [2.05, 4.69) is 32.9 Å². The zero-order chi connectivity index (χ0) is 15.8. The summed E-state index contributed by atoms with van der Waals surface area (Å²) in [4.78, 5) is 0. The number of fused-ring (bicyclic) bond motifs is 5. The Morgan fingerprint density at radius 1 is 1.05 bits per heavy atom. The van der Waals surface area contributed by atoms with Gasteiger partial charge in [0.15, 0.2) is 0 Å². The third-order valence-electron chi connectivity index (χ3n) is 8.22. The van der Waals surface area contributed by atoms with Crippen LogP contribution in [0.3, 0.4) is 0 Å². The molecule has 0 bridgehead atoms. The van der Waals surface area contributed by atoms with Crippen LogP contribution in [0.15, 0.2) is 23.8 Å². The van der Waals surface area contributed by atoms with Crippen LogP contribution in [-0.2, 0) is 0 Å². The quantitative estimate of drug-likeness (QED) is 0.668. The SMILES string of the molecule is C[C@]12C=CC(O)C=C1CC[C@@H]1[C@@H]2CC[C@@]2(C)[C@H]1CC[C@]2(C)O. The molecule has 1 unspecified atom stereocenters. The molecule has 7 atom stereocenters. The Morgan fingerprint density at radius 3 is 2.55 bits per heavy atom. The number of aliphatic hydroxyl groups is 2. The Bertz CT molecular complexity index is 546. The Kier molecular flexibility index (Phi) is 3.05. The summed E-state index contributed by atoms with van der Waals surface area (Å²) in [5, 5.41) is 20.8. The van der Waals surface area contributed by atoms with Crippen LogP contribution in [0.4, 0.5) is 0 Å². The highest BCUT2D eigenvalue weighted by Gasteiger charge is 2.61. The second-order valence-electron chi connectivity index (χ2n) is 9.01. The summed E-state index contributed by atoms with van der Waals surface area (Å²) in [5.74, 6) is 2.08. The van der Waals surface area contributed by atoms with Crippen LogP contribution in [0.1, 0.15) is 59.3 Å². The molecular weight excluding hydrogens is 272 g/mol. The van der Waals surface area contributed by atoms with Gasteiger partial charge in [-0.25, -0.2) is 0 Å². The number of aliphatic hydroxyl groups excluding tert-OH is 1. The minimum absolute atomic E-state index is 0.101. The first-order valence-electron chi connectivity index (χ1n) is 9.09. The van der Waals surface area contributed by atoms with E-state index in [0.29, 0.717) is 11.8 Å². The molecule has 2 nitrogen and oxygen atoms in total. The van der Waals surface area contributed by atoms with Gasteiger partial charge in [-0.3, -0.25) is 0 Å². The lowest BCUT2D eigenvalue weighted by Crippen LogP contribution is -2.53. The average Bonchev–Trinajstić information content (AvgIpc) is 2.70. The standard InChI is InChI=1S/C20H30O2/c1-18-9-6-14(21)12-13(18)4-5-15-16(18)7-10-19(2)17(15)8-11-20(19,3)22/h6,9,12,14-17,21-22H,4-5,7-8,10-11H2,1-3H3/t14?,15-,16+,17+,18+,19+,20+/m1/s1. The molecule has 0 aromatic rings. The van der Waals surface area contributed by atoms with Gasteiger partial charge in [-0.2, -0.15) is 0 Å². The summed E-state index contributed by atoms with van der Waals surface area (Å²) >= 11 is 0. The molecule has 4 aliphatic rings. The van der Waals surface area contributed by atoms with Crippen LogP contribution in [0, 0.1) is 28.6 Å². The largest absolute Gasteiger partial charge is 0.390 e. The van der Waals surface area contributed by atoms with Crippen molar-refractivity contribution in [2.24, 2.45) is 28.6 Å². The summed E-state index contributed by atoms with van der Waals surface area (Å²) in [5.41, 5.74) is 1.21. The third kappa shape index (κ3) is 1.74. The minimum atomic E-state index is -0.488. The van der Waals surface area contributed by atoms with E-state index < -0.39 is 5.60 Å². The fourth-order valence-electron chi connectivity index (χ4n) is 6.56. The van der Waals surface area contributed by atoms with Crippen LogP contribution in [0.5, 0.6) is 0 Å². The van der Waals surface area contributed by atoms with Gasteiger partial charge in [-0.05, 0) is 68.6 Å². The van der Waals surface area contributed by atoms with Crippen molar-refractivity contribution >= 4 is 0 Å². The Balaban J connectivity index is 1.70. The van der Waals surface area contributed by atoms with Crippen molar-refractivity contribution < 1.29 is 10.2 Å². The van der Waals surface area contributed by atoms with Gasteiger partial charge in [0.1, 0.15) is 0 Å². The Hall–Kier alpha value is -0.600. The molecule has 2 heteroatoms. The second-order valence-corrected chi connectivity index (χ2v) is 9.01. The highest BCUT2D eigenvalue weighted by Crippen LogP contribution is 2.66. The fraction of sp³-hybridized carbons (Fsp3) is 0.800. The number of hydrogen-bond acceptors (Lipinski definition) is 2. The monoisotopic (exact) mass is 302 g/mol. The molecule has 0 spiro atoms. The molecule has 0 aromatic carbocycles. The lowest BCUT2D eigenvalue weighted by molar-refractivity contribution is -0.111. The number of hydrogen-bond donors (Lipinski definition) is 2. The zero-order valence-corrected chi connectivity index (χ0v) is 14.2. The van der Waals surface area contributed by atoms with Crippen LogP contribution in [-0.4, -0.2) is 21.9 Å². The molecule has 3 saturated carbocycles. The Morgan fingerprint density at radius 2 is 1.77 bits per heavy atom. The third-order valence-corrected chi connectivity index (χ3v) is 8.22. The second kappa shape index (κ2) is 4.48. The van der Waals surface area contributed by atoms with Gasteiger partial charge in [-0.15, -0.1) is 0 Å². The van der Waals surface area contributed by atoms with Crippen molar-refractivity contribution in [3.05, 3.63) is 23.8 Å². The molecule has 0 radical (unpaired) electrons. The summed E-state index contributed by atoms with van der Waals surface area (Å²) in [6.45, 7) is 6.79. The van der Waals surface area contributed by atoms with Crippen molar-refractivity contribution in [3.8, 4) is 0 Å². The first kappa shape index (κ1) is 15.0. The summed E-state index contributed by atoms with van der Waals surface area (Å²) in [7, 11) is 0. The van der Waals surface area contributed by atoms with E-state index in [0.717, 1.165) is 25.2 Å². The molecule has 22 heavy (non-hydrogen) atoms. The topological polar surface area (TPSA) is 40.5 Å². The summed E-state index contributed by atoms with van der Waals surface area (Å²) in [6, 6.07) is 0. The van der Waals surface area contributed by atoms with Crippen LogP contribution < -0.4 is 0 Å². The van der Waals surface area contributed by atoms with E-state index >= 15 is 0 Å². The van der Waals surface area contributed by atoms with Gasteiger partial charge < -0.3 is 10.2 Å². The highest BCUT2D eigenvalue weighted by atomic mass is 16.3. The normalized spacial score (nSPS) is 56.9. The fourth-order valence-corrected chi connectivity index (χ4v) is 6.56. The molecule has 0 saturated heterocycles. The average molecular weight is 302 g/mol. The van der Waals surface area contributed by atoms with Gasteiger partial charge in [-0.1, -0.05) is 37.6 Å². The van der Waals surface area contributed by atoms with Gasteiger partial charge in [0, 0.05) is 5.41 Å². The maximum absolute atomic E-state index is 10.9. The number of allylic oxidation sites excluding steroid dienone is 2. The van der Waals surface area contributed by atoms with Gasteiger partial charge >= 0.3 is 0 Å². The Labute approximate surface area is 134 Å². The molecule has 0 aliphatic heterocycles. The molecule has 4 rings (SSSR count). The van der Waals surface area contributed by atoms with Crippen molar-refractivity contribution in [1.29, 1.82) is 0 Å². The lowest BCUT2D eigenvalue weighted by atomic mass is 9.47. The zero-order valence-electron chi connectivity index (χ0n) is 14.2. The van der Waals surface area contributed by atoms with Crippen molar-refractivity contribution in [1.82, 2.24) is 0 Å². The molecule has 4 aliphatic carbocycles. The van der Waals surface area contributed by atoms with Crippen LogP contribution in [0.2, 0.25) is 0 Å². The minimum Gasteiger partial charge on any atom is -0.390 e. The van der Waals surface area contributed by atoms with E-state index in [1.54, 1.807) is 0 Å². The molecule has 122 valence electrons. The van der Waals surface area contributed by atoms with Crippen molar-refractivity contribution in [2.45, 2.75) is 71.0 Å². The maximum Gasteiger partial charge on any atom is 0.0905 e. The van der Waals surface area contributed by atoms with Gasteiger partial charge in [0.2, 0.25) is 0 Å². The van der Waals surface area contributed by atoms with Crippen LogP contribution in [0.25, 0.3) is 0 Å². The predicted octanol–water partition coefficient (Wildman–Crippen LogP) is 3.84. The summed E-state index contributed by atoms with van der Waals surface area (Å²) < 4.78 is 0. The maximum atomic E-state index is 10.9. The van der Waals surface area contributed by atoms with E-state index in [1.165, 1.54) is 24.8 Å². The van der Waals surface area contributed by atoms with Crippen molar-refractivity contribution in [3.63, 3.8) is 0 Å². The smallest absolute Gasteiger partial charge is 0.0905 e.